The van der Waals surface area contributed by atoms with E-state index in [1.54, 1.807) is 14.2 Å². The molecule has 4 nitrogen and oxygen atoms in total. The fourth-order valence-electron chi connectivity index (χ4n) is 3.93. The van der Waals surface area contributed by atoms with Gasteiger partial charge in [0.25, 0.3) is 0 Å². The van der Waals surface area contributed by atoms with Gasteiger partial charge in [0.2, 0.25) is 0 Å². The predicted octanol–water partition coefficient (Wildman–Crippen LogP) is 4.38. The van der Waals surface area contributed by atoms with E-state index in [0.29, 0.717) is 0 Å². The van der Waals surface area contributed by atoms with Crippen molar-refractivity contribution in [3.8, 4) is 22.6 Å². The Labute approximate surface area is 201 Å². The first-order chi connectivity index (χ1) is 15.7. The molecule has 0 saturated heterocycles. The van der Waals surface area contributed by atoms with Crippen LogP contribution in [-0.2, 0) is 9.47 Å². The first-order valence-corrected chi connectivity index (χ1v) is 15.3. The van der Waals surface area contributed by atoms with Crippen LogP contribution in [0, 0.1) is 0 Å². The second kappa shape index (κ2) is 10.7. The van der Waals surface area contributed by atoms with E-state index in [4.69, 9.17) is 18.9 Å². The summed E-state index contributed by atoms with van der Waals surface area (Å²) in [5.74, 6) is 6.18. The van der Waals surface area contributed by atoms with Crippen molar-refractivity contribution in [3.05, 3.63) is 60.7 Å². The molecule has 0 aliphatic carbocycles. The topological polar surface area (TPSA) is 36.9 Å². The van der Waals surface area contributed by atoms with Gasteiger partial charge in [0.05, 0.1) is 0 Å². The molecule has 4 aromatic carbocycles. The molecule has 32 heavy (non-hydrogen) atoms. The van der Waals surface area contributed by atoms with E-state index in [9.17, 15) is 0 Å². The molecule has 0 radical (unpaired) electrons. The van der Waals surface area contributed by atoms with Gasteiger partial charge in [0.1, 0.15) is 0 Å². The molecule has 0 spiro atoms. The van der Waals surface area contributed by atoms with Crippen molar-refractivity contribution < 1.29 is 18.9 Å². The van der Waals surface area contributed by atoms with Crippen LogP contribution < -0.4 is 18.4 Å². The number of benzene rings is 4. The van der Waals surface area contributed by atoms with E-state index in [0.717, 1.165) is 33.4 Å². The van der Waals surface area contributed by atoms with Gasteiger partial charge in [-0.25, -0.2) is 0 Å². The molecule has 166 valence electrons. The summed E-state index contributed by atoms with van der Waals surface area (Å²) in [5.41, 5.74) is 2.12. The number of hydrogen-bond acceptors (Lipinski definition) is 4. The number of rotatable bonds is 9. The van der Waals surface area contributed by atoms with Crippen LogP contribution in [0.3, 0.4) is 0 Å². The van der Waals surface area contributed by atoms with E-state index in [1.807, 2.05) is 0 Å². The molecule has 4 rings (SSSR count). The Morgan fingerprint density at radius 3 is 1.41 bits per heavy atom. The average Bonchev–Trinajstić information content (AvgIpc) is 2.84. The summed E-state index contributed by atoms with van der Waals surface area (Å²) in [7, 11) is 3.31. The maximum atomic E-state index is 6.26. The van der Waals surface area contributed by atoms with Crippen molar-refractivity contribution in [3.63, 3.8) is 0 Å². The summed E-state index contributed by atoms with van der Waals surface area (Å²) < 4.78 is 25.6. The molecule has 0 aliphatic rings. The molecule has 0 heterocycles. The Hall–Kier alpha value is -2.04. The van der Waals surface area contributed by atoms with Gasteiger partial charge in [-0.1, -0.05) is 0 Å². The van der Waals surface area contributed by atoms with E-state index in [2.05, 4.69) is 72.3 Å². The molecular weight excluding hydrogens is 534 g/mol. The van der Waals surface area contributed by atoms with Crippen LogP contribution in [0.1, 0.15) is 0 Å². The second-order valence-electron chi connectivity index (χ2n) is 7.11. The van der Waals surface area contributed by atoms with E-state index in [1.165, 1.54) is 19.7 Å². The fraction of sp³-hybridized carbons (Fsp3) is 0.231. The SMILES string of the molecule is COCOc1c([Se]C)cc2ccccc2c1-c1c(OCOC)c([Se]C)cc2ccccc12. The van der Waals surface area contributed by atoms with E-state index < -0.39 is 0 Å². The first-order valence-electron chi connectivity index (χ1n) is 10.2. The third kappa shape index (κ3) is 4.40. The van der Waals surface area contributed by atoms with Crippen molar-refractivity contribution in [2.24, 2.45) is 0 Å². The number of hydrogen-bond donors (Lipinski definition) is 0. The molecule has 0 unspecified atom stereocenters. The van der Waals surface area contributed by atoms with Crippen LogP contribution in [0.2, 0.25) is 11.6 Å². The van der Waals surface area contributed by atoms with E-state index >= 15 is 0 Å². The Morgan fingerprint density at radius 2 is 1.03 bits per heavy atom. The number of methoxy groups -OCH3 is 2. The summed E-state index contributed by atoms with van der Waals surface area (Å²) in [4.78, 5) is 0. The maximum absolute atomic E-state index is 6.26. The van der Waals surface area contributed by atoms with Crippen molar-refractivity contribution in [2.75, 3.05) is 27.8 Å². The second-order valence-corrected chi connectivity index (χ2v) is 10.7. The molecule has 0 aromatic heterocycles. The minimum atomic E-state index is 0.192. The van der Waals surface area contributed by atoms with Crippen LogP contribution in [0.5, 0.6) is 11.5 Å². The third-order valence-corrected chi connectivity index (χ3v) is 8.39. The summed E-state index contributed by atoms with van der Waals surface area (Å²) in [5, 5.41) is 4.67. The molecular formula is C26H26O4Se2. The molecule has 4 aromatic rings. The van der Waals surface area contributed by atoms with Gasteiger partial charge < -0.3 is 0 Å². The summed E-state index contributed by atoms with van der Waals surface area (Å²) in [6.45, 7) is 0.385. The van der Waals surface area contributed by atoms with Crippen LogP contribution >= 0.6 is 0 Å². The Morgan fingerprint density at radius 1 is 0.625 bits per heavy atom. The molecule has 6 heteroatoms. The monoisotopic (exact) mass is 562 g/mol. The third-order valence-electron chi connectivity index (χ3n) is 5.27. The zero-order chi connectivity index (χ0) is 22.5. The number of ether oxygens (including phenoxy) is 4. The minimum absolute atomic E-state index is 0.192. The number of fused-ring (bicyclic) bond motifs is 2. The standard InChI is InChI=1S/C26H26O4Se2/c1-27-15-29-25-21(31-3)13-17-9-5-7-11-19(17)23(25)24-20-12-8-6-10-18(20)14-22(32-4)26(24)30-16-28-2/h5-14H,15-16H2,1-4H3. The molecule has 0 amide bonds. The van der Waals surface area contributed by atoms with Crippen LogP contribution in [-0.4, -0.2) is 57.7 Å². The Bertz CT molecular complexity index is 1140. The summed E-state index contributed by atoms with van der Waals surface area (Å²) in [6, 6.07) is 21.5. The quantitative estimate of drug-likeness (QED) is 0.225. The van der Waals surface area contributed by atoms with Crippen molar-refractivity contribution in [2.45, 2.75) is 11.6 Å². The van der Waals surface area contributed by atoms with Crippen molar-refractivity contribution in [1.82, 2.24) is 0 Å². The zero-order valence-electron chi connectivity index (χ0n) is 18.6. The van der Waals surface area contributed by atoms with E-state index in [-0.39, 0.29) is 43.5 Å². The molecule has 0 fully saturated rings. The molecule has 0 saturated carbocycles. The zero-order valence-corrected chi connectivity index (χ0v) is 22.1. The van der Waals surface area contributed by atoms with Gasteiger partial charge in [-0.2, -0.15) is 0 Å². The summed E-state index contributed by atoms with van der Waals surface area (Å²) in [6.07, 6.45) is 0. The summed E-state index contributed by atoms with van der Waals surface area (Å²) >= 11 is 0.467. The van der Waals surface area contributed by atoms with Gasteiger partial charge in [0, 0.05) is 0 Å². The Kier molecular flexibility index (Phi) is 7.75. The van der Waals surface area contributed by atoms with Crippen molar-refractivity contribution >= 4 is 60.4 Å². The van der Waals surface area contributed by atoms with Gasteiger partial charge in [-0.15, -0.1) is 0 Å². The molecule has 0 N–H and O–H groups in total. The first kappa shape index (κ1) is 23.1. The Balaban J connectivity index is 2.19. The average molecular weight is 560 g/mol. The predicted molar refractivity (Wildman–Crippen MR) is 134 cm³/mol. The van der Waals surface area contributed by atoms with Crippen LogP contribution in [0.25, 0.3) is 32.7 Å². The molecule has 0 aliphatic heterocycles. The molecule has 0 atom stereocenters. The van der Waals surface area contributed by atoms with Gasteiger partial charge in [-0.05, 0) is 0 Å². The van der Waals surface area contributed by atoms with Crippen molar-refractivity contribution in [1.29, 1.82) is 0 Å². The van der Waals surface area contributed by atoms with Crippen LogP contribution in [0.4, 0.5) is 0 Å². The van der Waals surface area contributed by atoms with Gasteiger partial charge in [-0.3, -0.25) is 0 Å². The van der Waals surface area contributed by atoms with Crippen LogP contribution in [0.15, 0.2) is 60.7 Å². The van der Waals surface area contributed by atoms with Gasteiger partial charge >= 0.3 is 202 Å². The van der Waals surface area contributed by atoms with Gasteiger partial charge in [0.15, 0.2) is 0 Å². The fourth-order valence-corrected chi connectivity index (χ4v) is 6.41. The molecule has 0 bridgehead atoms. The normalized spacial score (nSPS) is 11.2.